The summed E-state index contributed by atoms with van der Waals surface area (Å²) in [5.74, 6) is 0. The first-order valence-electron chi connectivity index (χ1n) is 6.39. The molecule has 1 aromatic carbocycles. The first kappa shape index (κ1) is 14.3. The summed E-state index contributed by atoms with van der Waals surface area (Å²) in [6.07, 6.45) is 0. The van der Waals surface area contributed by atoms with Gasteiger partial charge in [-0.25, -0.2) is 8.42 Å². The molecule has 1 heterocycles. The molecule has 2 rings (SSSR count). The number of piperazine rings is 1. The molecule has 1 aromatic rings. The second kappa shape index (κ2) is 5.11. The molecule has 0 amide bonds. The molecule has 0 aliphatic carbocycles. The maximum atomic E-state index is 12.6. The van der Waals surface area contributed by atoms with Crippen LogP contribution < -0.4 is 5.73 Å². The minimum Gasteiger partial charge on any atom is -0.398 e. The first-order valence-corrected chi connectivity index (χ1v) is 7.83. The monoisotopic (exact) mass is 283 g/mol. The molecule has 0 bridgehead atoms. The maximum absolute atomic E-state index is 12.6. The molecule has 0 spiro atoms. The third kappa shape index (κ3) is 2.75. The molecule has 5 nitrogen and oxygen atoms in total. The van der Waals surface area contributed by atoms with Crippen molar-refractivity contribution < 1.29 is 8.42 Å². The molecule has 1 unspecified atom stereocenters. The van der Waals surface area contributed by atoms with Crippen LogP contribution in [0.1, 0.15) is 12.5 Å². The van der Waals surface area contributed by atoms with Crippen molar-refractivity contribution >= 4 is 15.7 Å². The highest BCUT2D eigenvalue weighted by atomic mass is 32.2. The lowest BCUT2D eigenvalue weighted by atomic mass is 10.2. The quantitative estimate of drug-likeness (QED) is 0.819. The van der Waals surface area contributed by atoms with Crippen LogP contribution in [0.2, 0.25) is 0 Å². The van der Waals surface area contributed by atoms with E-state index in [1.807, 2.05) is 20.9 Å². The van der Waals surface area contributed by atoms with E-state index in [1.165, 1.54) is 0 Å². The normalized spacial score (nSPS) is 22.6. The van der Waals surface area contributed by atoms with E-state index in [9.17, 15) is 8.42 Å². The SMILES string of the molecule is Cc1ccc(S(=O)(=O)N2CCN(C)CC2C)cc1N. The van der Waals surface area contributed by atoms with E-state index in [1.54, 1.807) is 22.5 Å². The van der Waals surface area contributed by atoms with Gasteiger partial charge in [0.05, 0.1) is 4.90 Å². The Labute approximate surface area is 115 Å². The molecule has 0 radical (unpaired) electrons. The Morgan fingerprint density at radius 1 is 1.32 bits per heavy atom. The number of anilines is 1. The molecule has 1 atom stereocenters. The molecule has 1 fully saturated rings. The Balaban J connectivity index is 2.34. The predicted octanol–water partition coefficient (Wildman–Crippen LogP) is 0.902. The average molecular weight is 283 g/mol. The fraction of sp³-hybridized carbons (Fsp3) is 0.538. The van der Waals surface area contributed by atoms with Crippen molar-refractivity contribution in [2.75, 3.05) is 32.4 Å². The fourth-order valence-corrected chi connectivity index (χ4v) is 4.04. The molecule has 1 saturated heterocycles. The molecule has 19 heavy (non-hydrogen) atoms. The van der Waals surface area contributed by atoms with Gasteiger partial charge in [-0.1, -0.05) is 6.07 Å². The van der Waals surface area contributed by atoms with E-state index in [0.29, 0.717) is 12.2 Å². The summed E-state index contributed by atoms with van der Waals surface area (Å²) in [6.45, 7) is 5.83. The number of benzene rings is 1. The van der Waals surface area contributed by atoms with Crippen molar-refractivity contribution in [3.05, 3.63) is 23.8 Å². The number of hydrogen-bond donors (Lipinski definition) is 1. The van der Waals surface area contributed by atoms with Crippen LogP contribution in [0.5, 0.6) is 0 Å². The molecule has 6 heteroatoms. The third-order valence-corrected chi connectivity index (χ3v) is 5.64. The van der Waals surface area contributed by atoms with Gasteiger partial charge in [-0.3, -0.25) is 0 Å². The van der Waals surface area contributed by atoms with Crippen LogP contribution in [0, 0.1) is 6.92 Å². The Morgan fingerprint density at radius 2 is 2.00 bits per heavy atom. The standard InChI is InChI=1S/C13H21N3O2S/c1-10-4-5-12(8-13(10)14)19(17,18)16-7-6-15(3)9-11(16)2/h4-5,8,11H,6-7,9,14H2,1-3H3. The van der Waals surface area contributed by atoms with Crippen LogP contribution >= 0.6 is 0 Å². The topological polar surface area (TPSA) is 66.6 Å². The average Bonchev–Trinajstić information content (AvgIpc) is 2.32. The molecular formula is C13H21N3O2S. The summed E-state index contributed by atoms with van der Waals surface area (Å²) in [4.78, 5) is 2.42. The smallest absolute Gasteiger partial charge is 0.243 e. The molecule has 1 aliphatic heterocycles. The lowest BCUT2D eigenvalue weighted by Crippen LogP contribution is -2.52. The van der Waals surface area contributed by atoms with E-state index < -0.39 is 10.0 Å². The second-order valence-corrected chi connectivity index (χ2v) is 7.14. The van der Waals surface area contributed by atoms with Gasteiger partial charge < -0.3 is 10.6 Å². The van der Waals surface area contributed by atoms with Gasteiger partial charge in [-0.15, -0.1) is 0 Å². The lowest BCUT2D eigenvalue weighted by molar-refractivity contribution is 0.170. The summed E-state index contributed by atoms with van der Waals surface area (Å²) in [7, 11) is -1.44. The maximum Gasteiger partial charge on any atom is 0.243 e. The third-order valence-electron chi connectivity index (χ3n) is 3.63. The Hall–Kier alpha value is -1.11. The summed E-state index contributed by atoms with van der Waals surface area (Å²) < 4.78 is 26.8. The number of nitrogens with zero attached hydrogens (tertiary/aromatic N) is 2. The highest BCUT2D eigenvalue weighted by Crippen LogP contribution is 2.23. The predicted molar refractivity (Wildman–Crippen MR) is 76.4 cm³/mol. The minimum atomic E-state index is -3.45. The second-order valence-electron chi connectivity index (χ2n) is 5.25. The Kier molecular flexibility index (Phi) is 3.85. The zero-order chi connectivity index (χ0) is 14.2. The lowest BCUT2D eigenvalue weighted by Gasteiger charge is -2.37. The summed E-state index contributed by atoms with van der Waals surface area (Å²) in [5, 5.41) is 0. The van der Waals surface area contributed by atoms with Crippen LogP contribution in [-0.2, 0) is 10.0 Å². The molecular weight excluding hydrogens is 262 g/mol. The number of aryl methyl sites for hydroxylation is 1. The van der Waals surface area contributed by atoms with Crippen molar-refractivity contribution in [1.29, 1.82) is 0 Å². The fourth-order valence-electron chi connectivity index (χ4n) is 2.39. The molecule has 0 aromatic heterocycles. The number of sulfonamides is 1. The van der Waals surface area contributed by atoms with Gasteiger partial charge in [0.15, 0.2) is 0 Å². The van der Waals surface area contributed by atoms with Crippen molar-refractivity contribution in [3.8, 4) is 0 Å². The van der Waals surface area contributed by atoms with Gasteiger partial charge >= 0.3 is 0 Å². The number of likely N-dealkylation sites (N-methyl/N-ethyl adjacent to an activating group) is 1. The van der Waals surface area contributed by atoms with Crippen molar-refractivity contribution in [2.45, 2.75) is 24.8 Å². The highest BCUT2D eigenvalue weighted by molar-refractivity contribution is 7.89. The van der Waals surface area contributed by atoms with Gasteiger partial charge in [-0.2, -0.15) is 4.31 Å². The van der Waals surface area contributed by atoms with Gasteiger partial charge in [0.1, 0.15) is 0 Å². The number of hydrogen-bond acceptors (Lipinski definition) is 4. The first-order chi connectivity index (χ1) is 8.82. The molecule has 1 aliphatic rings. The summed E-state index contributed by atoms with van der Waals surface area (Å²) in [6, 6.07) is 4.91. The van der Waals surface area contributed by atoms with E-state index in [2.05, 4.69) is 4.90 Å². The van der Waals surface area contributed by atoms with Gasteiger partial charge in [-0.05, 0) is 38.6 Å². The Bertz CT molecular complexity index is 571. The number of rotatable bonds is 2. The van der Waals surface area contributed by atoms with E-state index in [4.69, 9.17) is 5.73 Å². The van der Waals surface area contributed by atoms with Crippen molar-refractivity contribution in [1.82, 2.24) is 9.21 Å². The van der Waals surface area contributed by atoms with Crippen LogP contribution in [0.15, 0.2) is 23.1 Å². The van der Waals surface area contributed by atoms with Crippen LogP contribution in [0.4, 0.5) is 5.69 Å². The number of nitrogens with two attached hydrogens (primary N) is 1. The van der Waals surface area contributed by atoms with Crippen LogP contribution in [0.25, 0.3) is 0 Å². The van der Waals surface area contributed by atoms with Crippen molar-refractivity contribution in [3.63, 3.8) is 0 Å². The zero-order valence-corrected chi connectivity index (χ0v) is 12.4. The van der Waals surface area contributed by atoms with E-state index in [-0.39, 0.29) is 10.9 Å². The highest BCUT2D eigenvalue weighted by Gasteiger charge is 2.32. The molecule has 106 valence electrons. The van der Waals surface area contributed by atoms with Crippen LogP contribution in [-0.4, -0.2) is 50.3 Å². The van der Waals surface area contributed by atoms with E-state index in [0.717, 1.165) is 18.7 Å². The minimum absolute atomic E-state index is 0.0220. The largest absolute Gasteiger partial charge is 0.398 e. The summed E-state index contributed by atoms with van der Waals surface area (Å²) in [5.41, 5.74) is 7.22. The van der Waals surface area contributed by atoms with Gasteiger partial charge in [0.2, 0.25) is 10.0 Å². The van der Waals surface area contributed by atoms with Crippen molar-refractivity contribution in [2.24, 2.45) is 0 Å². The van der Waals surface area contributed by atoms with Gasteiger partial charge in [0.25, 0.3) is 0 Å². The van der Waals surface area contributed by atoms with E-state index >= 15 is 0 Å². The van der Waals surface area contributed by atoms with Gasteiger partial charge in [0, 0.05) is 31.4 Å². The molecule has 0 saturated carbocycles. The number of nitrogen functional groups attached to an aromatic ring is 1. The summed E-state index contributed by atoms with van der Waals surface area (Å²) >= 11 is 0. The van der Waals surface area contributed by atoms with Crippen LogP contribution in [0.3, 0.4) is 0 Å². The zero-order valence-electron chi connectivity index (χ0n) is 11.6. The Morgan fingerprint density at radius 3 is 2.58 bits per heavy atom. The molecule has 2 N–H and O–H groups in total.